The maximum atomic E-state index is 5.48. The van der Waals surface area contributed by atoms with Crippen LogP contribution in [0.3, 0.4) is 0 Å². The molecule has 0 fully saturated rings. The highest BCUT2D eigenvalue weighted by Gasteiger charge is 2.17. The Labute approximate surface area is 79.8 Å². The van der Waals surface area contributed by atoms with Crippen LogP contribution in [-0.2, 0) is 3.42 Å². The van der Waals surface area contributed by atoms with E-state index in [-0.39, 0.29) is 3.42 Å². The maximum absolute atomic E-state index is 5.48. The second-order valence-corrected chi connectivity index (χ2v) is 6.29. The Balaban J connectivity index is 2.96. The van der Waals surface area contributed by atoms with E-state index >= 15 is 0 Å². The van der Waals surface area contributed by atoms with Gasteiger partial charge in [0.2, 0.25) is 0 Å². The zero-order valence-corrected chi connectivity index (χ0v) is 8.86. The minimum atomic E-state index is 0.160. The molecule has 52 valence electrons. The summed E-state index contributed by atoms with van der Waals surface area (Å²) in [4.78, 5) is 5.85. The zero-order chi connectivity index (χ0) is 7.78. The first-order chi connectivity index (χ1) is 4.50. The van der Waals surface area contributed by atoms with Gasteiger partial charge in [-0.1, -0.05) is 22.6 Å². The van der Waals surface area contributed by atoms with Crippen LogP contribution < -0.4 is 4.91 Å². The molecule has 0 aliphatic rings. The molecule has 0 aliphatic heterocycles. The zero-order valence-electron chi connectivity index (χ0n) is 5.89. The summed E-state index contributed by atoms with van der Waals surface area (Å²) >= 11 is 3.92. The van der Waals surface area contributed by atoms with E-state index in [2.05, 4.69) is 41.4 Å². The van der Waals surface area contributed by atoms with Crippen LogP contribution in [0.4, 0.5) is 0 Å². The fourth-order valence-electron chi connectivity index (χ4n) is 0.562. The highest BCUT2D eigenvalue weighted by molar-refractivity contribution is 14.1. The fraction of sp³-hybridized carbons (Fsp3) is 0.500. The first kappa shape index (κ1) is 8.52. The minimum Gasteiger partial charge on any atom is -0.261 e. The van der Waals surface area contributed by atoms with Crippen molar-refractivity contribution in [1.29, 1.82) is 0 Å². The van der Waals surface area contributed by atoms with Crippen LogP contribution in [0, 0.1) is 0 Å². The molecule has 0 saturated heterocycles. The molecule has 1 aromatic rings. The highest BCUT2D eigenvalue weighted by atomic mass is 127. The van der Waals surface area contributed by atoms with Gasteiger partial charge in [-0.25, -0.2) is 0 Å². The van der Waals surface area contributed by atoms with Crippen molar-refractivity contribution < 1.29 is 0 Å². The summed E-state index contributed by atoms with van der Waals surface area (Å²) in [5, 5.41) is 0. The molecule has 0 saturated carbocycles. The predicted octanol–water partition coefficient (Wildman–Crippen LogP) is 1.61. The Kier molecular flexibility index (Phi) is 2.40. The van der Waals surface area contributed by atoms with E-state index in [0.717, 1.165) is 0 Å². The molecule has 0 atom stereocenters. The molecule has 4 heteroatoms. The van der Waals surface area contributed by atoms with Gasteiger partial charge in [-0.05, 0) is 13.8 Å². The molecule has 1 aromatic heterocycles. The van der Waals surface area contributed by atoms with Gasteiger partial charge in [0, 0.05) is 16.0 Å². The van der Waals surface area contributed by atoms with Crippen molar-refractivity contribution >= 4 is 46.7 Å². The van der Waals surface area contributed by atoms with Crippen molar-refractivity contribution in [1.82, 2.24) is 4.98 Å². The quantitative estimate of drug-likeness (QED) is 0.426. The van der Waals surface area contributed by atoms with Crippen LogP contribution in [0.2, 0.25) is 0 Å². The van der Waals surface area contributed by atoms with Crippen LogP contribution in [0.1, 0.15) is 18.7 Å². The number of nitrogens with zero attached hydrogens (tertiary/aromatic N) is 1. The lowest BCUT2D eigenvalue weighted by molar-refractivity contribution is 0.845. The smallest absolute Gasteiger partial charge is 0.157 e. The fourth-order valence-corrected chi connectivity index (χ4v) is 1.71. The predicted molar refractivity (Wildman–Crippen MR) is 54.5 cm³/mol. The Morgan fingerprint density at radius 2 is 2.30 bits per heavy atom. The van der Waals surface area contributed by atoms with Gasteiger partial charge in [-0.2, -0.15) is 0 Å². The third-order valence-corrected chi connectivity index (χ3v) is 3.21. The Bertz CT molecular complexity index is 228. The maximum Gasteiger partial charge on any atom is 0.157 e. The lowest BCUT2D eigenvalue weighted by atomic mass is 10.2. The molecule has 1 heterocycles. The lowest BCUT2D eigenvalue weighted by Crippen LogP contribution is -2.03. The number of aromatic nitrogens is 1. The van der Waals surface area contributed by atoms with Gasteiger partial charge in [-0.15, -0.1) is 11.3 Å². The number of rotatable bonds is 1. The van der Waals surface area contributed by atoms with Crippen molar-refractivity contribution in [3.05, 3.63) is 11.1 Å². The van der Waals surface area contributed by atoms with Crippen LogP contribution in [0.15, 0.2) is 6.20 Å². The van der Waals surface area contributed by atoms with Gasteiger partial charge in [0.05, 0.1) is 3.42 Å². The van der Waals surface area contributed by atoms with Crippen LogP contribution in [-0.4, -0.2) is 12.8 Å². The van der Waals surface area contributed by atoms with Crippen LogP contribution in [0.5, 0.6) is 0 Å². The van der Waals surface area contributed by atoms with Gasteiger partial charge >= 0.3 is 0 Å². The number of hydrogen-bond donors (Lipinski definition) is 0. The standard InChI is InChI=1S/C6H7BINS/c1-6(2,8)4-3-9-5(7)10-4/h3H,1-2H3. The van der Waals surface area contributed by atoms with Gasteiger partial charge in [-0.3, -0.25) is 4.98 Å². The van der Waals surface area contributed by atoms with Gasteiger partial charge in [0.1, 0.15) is 0 Å². The molecular formula is C6H7BINS. The molecule has 0 N–H and O–H groups in total. The molecule has 0 bridgehead atoms. The normalized spacial score (nSPS) is 11.9. The monoisotopic (exact) mass is 263 g/mol. The molecule has 1 rings (SSSR count). The second kappa shape index (κ2) is 2.81. The Morgan fingerprint density at radius 3 is 2.50 bits per heavy atom. The van der Waals surface area contributed by atoms with Gasteiger partial charge in [0.25, 0.3) is 0 Å². The number of alkyl halides is 1. The average molecular weight is 263 g/mol. The Morgan fingerprint density at radius 1 is 1.70 bits per heavy atom. The highest BCUT2D eigenvalue weighted by Crippen LogP contribution is 2.31. The summed E-state index contributed by atoms with van der Waals surface area (Å²) in [7, 11) is 5.48. The molecule has 2 radical (unpaired) electrons. The van der Waals surface area contributed by atoms with E-state index < -0.39 is 0 Å². The molecule has 0 aromatic carbocycles. The molecule has 0 unspecified atom stereocenters. The summed E-state index contributed by atoms with van der Waals surface area (Å²) in [6.45, 7) is 4.28. The first-order valence-corrected chi connectivity index (χ1v) is 4.80. The van der Waals surface area contributed by atoms with Crippen molar-refractivity contribution in [3.8, 4) is 0 Å². The van der Waals surface area contributed by atoms with Crippen molar-refractivity contribution in [3.63, 3.8) is 0 Å². The van der Waals surface area contributed by atoms with E-state index in [1.807, 2.05) is 6.20 Å². The molecule has 0 amide bonds. The summed E-state index contributed by atoms with van der Waals surface area (Å²) in [5.74, 6) is 0. The van der Waals surface area contributed by atoms with Gasteiger partial charge in [0.15, 0.2) is 7.85 Å². The third kappa shape index (κ3) is 1.95. The molecular weight excluding hydrogens is 256 g/mol. The van der Waals surface area contributed by atoms with Crippen molar-refractivity contribution in [2.45, 2.75) is 17.3 Å². The van der Waals surface area contributed by atoms with E-state index in [9.17, 15) is 0 Å². The summed E-state index contributed by atoms with van der Waals surface area (Å²) in [5.41, 5.74) is 0. The van der Waals surface area contributed by atoms with Crippen molar-refractivity contribution in [2.24, 2.45) is 0 Å². The van der Waals surface area contributed by atoms with Crippen LogP contribution in [0.25, 0.3) is 0 Å². The van der Waals surface area contributed by atoms with E-state index in [1.54, 1.807) is 11.3 Å². The van der Waals surface area contributed by atoms with Crippen LogP contribution >= 0.6 is 33.9 Å². The first-order valence-electron chi connectivity index (χ1n) is 2.91. The second-order valence-electron chi connectivity index (χ2n) is 2.54. The average Bonchev–Trinajstić information content (AvgIpc) is 2.11. The Hall–Kier alpha value is 0.425. The summed E-state index contributed by atoms with van der Waals surface area (Å²) in [6.07, 6.45) is 1.84. The van der Waals surface area contributed by atoms with E-state index in [0.29, 0.717) is 4.91 Å². The largest absolute Gasteiger partial charge is 0.261 e. The topological polar surface area (TPSA) is 12.9 Å². The lowest BCUT2D eigenvalue weighted by Gasteiger charge is -2.11. The number of hydrogen-bond acceptors (Lipinski definition) is 2. The van der Waals surface area contributed by atoms with E-state index in [1.165, 1.54) is 4.88 Å². The van der Waals surface area contributed by atoms with Gasteiger partial charge < -0.3 is 0 Å². The molecule has 0 spiro atoms. The minimum absolute atomic E-state index is 0.160. The SMILES string of the molecule is [B]c1ncc(C(C)(C)I)s1. The summed E-state index contributed by atoms with van der Waals surface area (Å²) in [6, 6.07) is 0. The van der Waals surface area contributed by atoms with Crippen molar-refractivity contribution in [2.75, 3.05) is 0 Å². The molecule has 0 aliphatic carbocycles. The molecule has 10 heavy (non-hydrogen) atoms. The summed E-state index contributed by atoms with van der Waals surface area (Å²) < 4.78 is 0.160. The number of thiazole rings is 1. The number of halogens is 1. The molecule has 1 nitrogen and oxygen atoms in total. The van der Waals surface area contributed by atoms with E-state index in [4.69, 9.17) is 7.85 Å². The third-order valence-electron chi connectivity index (χ3n) is 1.11.